The molecule has 0 saturated carbocycles. The van der Waals surface area contributed by atoms with Crippen LogP contribution in [0.25, 0.3) is 5.65 Å². The number of morpholine rings is 1. The topological polar surface area (TPSA) is 80.0 Å². The van der Waals surface area contributed by atoms with E-state index < -0.39 is 5.97 Å². The van der Waals surface area contributed by atoms with Crippen LogP contribution in [0.1, 0.15) is 16.2 Å². The molecule has 2 aromatic rings. The third-order valence-corrected chi connectivity index (χ3v) is 3.69. The van der Waals surface area contributed by atoms with Crippen LogP contribution in [-0.2, 0) is 4.74 Å². The molecule has 106 valence electrons. The molecule has 1 aliphatic heterocycles. The summed E-state index contributed by atoms with van der Waals surface area (Å²) in [6, 6.07) is 0. The lowest BCUT2D eigenvalue weighted by Gasteiger charge is -2.28. The normalized spacial score (nSPS) is 15.8. The fourth-order valence-corrected chi connectivity index (χ4v) is 2.68. The first-order valence-electron chi connectivity index (χ1n) is 6.19. The molecular formula is C12H13BrN4O3. The maximum atomic E-state index is 11.2. The number of carboxylic acids is 1. The molecule has 8 heteroatoms. The molecule has 0 bridgehead atoms. The third-order valence-electron chi connectivity index (χ3n) is 3.31. The molecule has 3 heterocycles. The van der Waals surface area contributed by atoms with Gasteiger partial charge in [-0.25, -0.2) is 14.8 Å². The maximum Gasteiger partial charge on any atom is 0.356 e. The van der Waals surface area contributed by atoms with Gasteiger partial charge >= 0.3 is 5.97 Å². The molecule has 2 aromatic heterocycles. The smallest absolute Gasteiger partial charge is 0.356 e. The first-order valence-corrected chi connectivity index (χ1v) is 6.98. The van der Waals surface area contributed by atoms with Gasteiger partial charge in [0, 0.05) is 19.3 Å². The molecule has 1 N–H and O–H groups in total. The van der Waals surface area contributed by atoms with E-state index in [1.807, 2.05) is 0 Å². The zero-order valence-electron chi connectivity index (χ0n) is 10.8. The Kier molecular flexibility index (Phi) is 3.35. The molecule has 1 fully saturated rings. The molecule has 1 saturated heterocycles. The number of nitrogens with zero attached hydrogens (tertiary/aromatic N) is 4. The summed E-state index contributed by atoms with van der Waals surface area (Å²) in [6.07, 6.45) is 1.73. The number of aromatic carboxylic acids is 1. The number of halogens is 1. The van der Waals surface area contributed by atoms with Gasteiger partial charge in [-0.3, -0.25) is 4.40 Å². The molecule has 1 aliphatic rings. The maximum absolute atomic E-state index is 11.2. The van der Waals surface area contributed by atoms with Gasteiger partial charge in [0.25, 0.3) is 0 Å². The second-order valence-corrected chi connectivity index (χ2v) is 5.34. The summed E-state index contributed by atoms with van der Waals surface area (Å²) in [5.74, 6) is -0.353. The second-order valence-electron chi connectivity index (χ2n) is 4.53. The summed E-state index contributed by atoms with van der Waals surface area (Å²) >= 11 is 3.37. The molecule has 0 aromatic carbocycles. The van der Waals surface area contributed by atoms with E-state index in [1.165, 1.54) is 0 Å². The number of rotatable bonds is 2. The van der Waals surface area contributed by atoms with Crippen molar-refractivity contribution in [3.8, 4) is 0 Å². The number of imidazole rings is 1. The Morgan fingerprint density at radius 1 is 1.40 bits per heavy atom. The van der Waals surface area contributed by atoms with Crippen LogP contribution in [0.5, 0.6) is 0 Å². The van der Waals surface area contributed by atoms with E-state index >= 15 is 0 Å². The molecule has 0 unspecified atom stereocenters. The Hall–Kier alpha value is -1.67. The average Bonchev–Trinajstić information content (AvgIpc) is 2.77. The number of anilines is 1. The highest BCUT2D eigenvalue weighted by molar-refractivity contribution is 9.10. The van der Waals surface area contributed by atoms with Crippen molar-refractivity contribution in [3.05, 3.63) is 22.2 Å². The van der Waals surface area contributed by atoms with Gasteiger partial charge in [-0.1, -0.05) is 0 Å². The van der Waals surface area contributed by atoms with Crippen molar-refractivity contribution in [1.29, 1.82) is 0 Å². The largest absolute Gasteiger partial charge is 0.476 e. The summed E-state index contributed by atoms with van der Waals surface area (Å²) < 4.78 is 7.73. The summed E-state index contributed by atoms with van der Waals surface area (Å²) in [4.78, 5) is 22.0. The van der Waals surface area contributed by atoms with Crippen LogP contribution in [0.3, 0.4) is 0 Å². The van der Waals surface area contributed by atoms with Crippen LogP contribution < -0.4 is 4.90 Å². The van der Waals surface area contributed by atoms with Gasteiger partial charge in [-0.15, -0.1) is 0 Å². The second kappa shape index (κ2) is 5.02. The fourth-order valence-electron chi connectivity index (χ4n) is 2.31. The first kappa shape index (κ1) is 13.3. The van der Waals surface area contributed by atoms with E-state index in [0.717, 1.165) is 0 Å². The number of carbonyl (C=O) groups is 1. The van der Waals surface area contributed by atoms with Gasteiger partial charge in [-0.2, -0.15) is 0 Å². The predicted octanol–water partition coefficient (Wildman–Crippen LogP) is 1.34. The van der Waals surface area contributed by atoms with Crippen LogP contribution in [0.2, 0.25) is 0 Å². The van der Waals surface area contributed by atoms with Crippen LogP contribution >= 0.6 is 15.9 Å². The third kappa shape index (κ3) is 2.14. The van der Waals surface area contributed by atoms with E-state index in [-0.39, 0.29) is 5.69 Å². The number of hydrogen-bond acceptors (Lipinski definition) is 5. The van der Waals surface area contributed by atoms with Crippen molar-refractivity contribution < 1.29 is 14.6 Å². The predicted molar refractivity (Wildman–Crippen MR) is 75.4 cm³/mol. The SMILES string of the molecule is Cc1c(C(=O)O)nc2c(N3CCOCC3)nc(Br)cn12. The van der Waals surface area contributed by atoms with Crippen molar-refractivity contribution in [2.24, 2.45) is 0 Å². The Morgan fingerprint density at radius 3 is 2.75 bits per heavy atom. The summed E-state index contributed by atoms with van der Waals surface area (Å²) in [5, 5.41) is 9.20. The minimum atomic E-state index is -1.03. The quantitative estimate of drug-likeness (QED) is 0.888. The molecule has 7 nitrogen and oxygen atoms in total. The number of aromatic nitrogens is 3. The highest BCUT2D eigenvalue weighted by atomic mass is 79.9. The van der Waals surface area contributed by atoms with Crippen molar-refractivity contribution in [3.63, 3.8) is 0 Å². The number of hydrogen-bond donors (Lipinski definition) is 1. The molecule has 0 aliphatic carbocycles. The summed E-state index contributed by atoms with van der Waals surface area (Å²) in [5.41, 5.74) is 1.20. The summed E-state index contributed by atoms with van der Waals surface area (Å²) in [6.45, 7) is 4.43. The highest BCUT2D eigenvalue weighted by Crippen LogP contribution is 2.25. The molecule has 0 atom stereocenters. The zero-order valence-corrected chi connectivity index (χ0v) is 12.4. The summed E-state index contributed by atoms with van der Waals surface area (Å²) in [7, 11) is 0. The van der Waals surface area contributed by atoms with Crippen LogP contribution in [-0.4, -0.2) is 51.7 Å². The van der Waals surface area contributed by atoms with E-state index in [1.54, 1.807) is 17.5 Å². The monoisotopic (exact) mass is 340 g/mol. The van der Waals surface area contributed by atoms with Gasteiger partial charge in [0.15, 0.2) is 17.2 Å². The van der Waals surface area contributed by atoms with E-state index in [9.17, 15) is 9.90 Å². The molecular weight excluding hydrogens is 328 g/mol. The number of carboxylic acid groups (broad SMARTS) is 1. The molecule has 0 spiro atoms. The number of ether oxygens (including phenoxy) is 1. The molecule has 0 radical (unpaired) electrons. The lowest BCUT2D eigenvalue weighted by molar-refractivity contribution is 0.0690. The average molecular weight is 341 g/mol. The first-order chi connectivity index (χ1) is 9.58. The molecule has 0 amide bonds. The Balaban J connectivity index is 2.20. The Bertz CT molecular complexity index is 679. The number of fused-ring (bicyclic) bond motifs is 1. The van der Waals surface area contributed by atoms with Gasteiger partial charge in [-0.05, 0) is 22.9 Å². The minimum absolute atomic E-state index is 0.0550. The minimum Gasteiger partial charge on any atom is -0.476 e. The van der Waals surface area contributed by atoms with E-state index in [2.05, 4.69) is 30.8 Å². The van der Waals surface area contributed by atoms with Crippen molar-refractivity contribution in [2.45, 2.75) is 6.92 Å². The van der Waals surface area contributed by atoms with Gasteiger partial charge in [0.2, 0.25) is 0 Å². The Labute approximate surface area is 123 Å². The van der Waals surface area contributed by atoms with E-state index in [0.29, 0.717) is 48.1 Å². The zero-order chi connectivity index (χ0) is 14.3. The Morgan fingerprint density at radius 2 is 2.10 bits per heavy atom. The van der Waals surface area contributed by atoms with Gasteiger partial charge in [0.1, 0.15) is 4.60 Å². The standard InChI is InChI=1S/C12H13BrN4O3/c1-7-9(12(18)19)15-11-10(14-8(13)6-17(7)11)16-2-4-20-5-3-16/h6H,2-5H2,1H3,(H,18,19). The van der Waals surface area contributed by atoms with Gasteiger partial charge in [0.05, 0.1) is 18.9 Å². The number of aryl methyl sites for hydroxylation is 1. The lowest BCUT2D eigenvalue weighted by Crippen LogP contribution is -2.37. The van der Waals surface area contributed by atoms with Crippen molar-refractivity contribution >= 4 is 33.4 Å². The van der Waals surface area contributed by atoms with Crippen LogP contribution in [0, 0.1) is 6.92 Å². The van der Waals surface area contributed by atoms with Crippen molar-refractivity contribution in [1.82, 2.24) is 14.4 Å². The molecule has 3 rings (SSSR count). The fraction of sp³-hybridized carbons (Fsp3) is 0.417. The van der Waals surface area contributed by atoms with Crippen molar-refractivity contribution in [2.75, 3.05) is 31.2 Å². The van der Waals surface area contributed by atoms with Gasteiger partial charge < -0.3 is 14.7 Å². The van der Waals surface area contributed by atoms with E-state index in [4.69, 9.17) is 4.74 Å². The molecule has 20 heavy (non-hydrogen) atoms. The highest BCUT2D eigenvalue weighted by Gasteiger charge is 2.22. The lowest BCUT2D eigenvalue weighted by atomic mass is 10.3. The van der Waals surface area contributed by atoms with Crippen LogP contribution in [0.15, 0.2) is 10.8 Å². The van der Waals surface area contributed by atoms with Crippen LogP contribution in [0.4, 0.5) is 5.82 Å².